The molecular weight excluding hydrogens is 546 g/mol. The van der Waals surface area contributed by atoms with Crippen LogP contribution in [0.4, 0.5) is 11.5 Å². The molecule has 0 radical (unpaired) electrons. The molecule has 8 heteroatoms. The van der Waals surface area contributed by atoms with E-state index in [-0.39, 0.29) is 5.84 Å². The molecule has 0 aliphatic heterocycles. The van der Waals surface area contributed by atoms with Crippen molar-refractivity contribution in [2.24, 2.45) is 21.2 Å². The third-order valence-electron chi connectivity index (χ3n) is 6.58. The van der Waals surface area contributed by atoms with Crippen LogP contribution < -0.4 is 10.7 Å². The van der Waals surface area contributed by atoms with Crippen molar-refractivity contribution in [3.8, 4) is 11.1 Å². The highest BCUT2D eigenvalue weighted by atomic mass is 16.3. The Morgan fingerprint density at radius 2 is 1.77 bits per heavy atom. The number of benzene rings is 2. The molecule has 0 fully saturated rings. The van der Waals surface area contributed by atoms with Gasteiger partial charge in [0.15, 0.2) is 11.7 Å². The number of amidine groups is 1. The van der Waals surface area contributed by atoms with Gasteiger partial charge in [0.25, 0.3) is 0 Å². The number of aliphatic imine (C=N–C) groups is 1. The molecule has 0 aliphatic rings. The summed E-state index contributed by atoms with van der Waals surface area (Å²) >= 11 is 0. The number of hydrogen-bond acceptors (Lipinski definition) is 6. The molecule has 0 amide bonds. The van der Waals surface area contributed by atoms with Gasteiger partial charge in [0.2, 0.25) is 0 Å². The standard InChI is InChI=1S/C18H22N4.C15H23N3O.C3H8/c1-3-4-7-14-10-11-15(12-13(14)2)16-8-5-6-9-17(16)18(19)21-22-20;1-6-8-13(19)10-12-9-11(3)14(16-7-2)15(17-12)18(4)5;1-3-2/h5-6,8-12H,3-4,7H2,1-2H3,(H3,19,20,21);6-7,9,13,19H,1,8,10H2,2-5H3;3H2,1-2H3. The molecule has 2 aromatic carbocycles. The summed E-state index contributed by atoms with van der Waals surface area (Å²) in [6.07, 6.45) is 8.94. The predicted octanol–water partition coefficient (Wildman–Crippen LogP) is 8.73. The molecule has 44 heavy (non-hydrogen) atoms. The van der Waals surface area contributed by atoms with Crippen molar-refractivity contribution in [3.05, 3.63) is 89.1 Å². The molecule has 0 spiro atoms. The number of unbranched alkanes of at least 4 members (excludes halogenated alkanes) is 1. The summed E-state index contributed by atoms with van der Waals surface area (Å²) in [7, 11) is 3.89. The molecule has 0 saturated carbocycles. The number of anilines is 1. The van der Waals surface area contributed by atoms with Crippen LogP contribution in [0.25, 0.3) is 11.1 Å². The van der Waals surface area contributed by atoms with Crippen molar-refractivity contribution < 1.29 is 5.11 Å². The van der Waals surface area contributed by atoms with Gasteiger partial charge in [-0.15, -0.1) is 11.7 Å². The van der Waals surface area contributed by atoms with Gasteiger partial charge in [0, 0.05) is 38.0 Å². The minimum atomic E-state index is -0.431. The Kier molecular flexibility index (Phi) is 17.8. The van der Waals surface area contributed by atoms with Crippen molar-refractivity contribution >= 4 is 23.6 Å². The quantitative estimate of drug-likeness (QED) is 0.0509. The van der Waals surface area contributed by atoms with E-state index in [2.05, 4.69) is 72.8 Å². The lowest BCUT2D eigenvalue weighted by Gasteiger charge is -2.18. The first-order valence-corrected chi connectivity index (χ1v) is 15.4. The topological polar surface area (TPSA) is 123 Å². The van der Waals surface area contributed by atoms with Crippen LogP contribution in [0.5, 0.6) is 0 Å². The summed E-state index contributed by atoms with van der Waals surface area (Å²) in [6, 6.07) is 16.2. The van der Waals surface area contributed by atoms with Crippen molar-refractivity contribution in [2.45, 2.75) is 86.2 Å². The molecule has 0 saturated heterocycles. The molecule has 3 rings (SSSR count). The zero-order valence-electron chi connectivity index (χ0n) is 28.1. The van der Waals surface area contributed by atoms with Gasteiger partial charge in [-0.3, -0.25) is 10.4 Å². The Hall–Kier alpha value is -4.17. The van der Waals surface area contributed by atoms with Crippen molar-refractivity contribution in [2.75, 3.05) is 19.0 Å². The number of aliphatic hydroxyl groups excluding tert-OH is 1. The van der Waals surface area contributed by atoms with Crippen LogP contribution in [0.2, 0.25) is 0 Å². The summed E-state index contributed by atoms with van der Waals surface area (Å²) in [4.78, 5) is 10.9. The fraction of sp³-hybridized carbons (Fsp3) is 0.417. The first-order chi connectivity index (χ1) is 21.1. The third-order valence-corrected chi connectivity index (χ3v) is 6.58. The van der Waals surface area contributed by atoms with Crippen LogP contribution in [0.1, 0.15) is 81.3 Å². The molecule has 0 aliphatic carbocycles. The number of hydrogen-bond donors (Lipinski definition) is 3. The minimum absolute atomic E-state index is 0.0748. The van der Waals surface area contributed by atoms with E-state index >= 15 is 0 Å². The average molecular weight is 600 g/mol. The van der Waals surface area contributed by atoms with Gasteiger partial charge < -0.3 is 15.8 Å². The average Bonchev–Trinajstić information content (AvgIpc) is 2.98. The van der Waals surface area contributed by atoms with Gasteiger partial charge in [0.05, 0.1) is 6.10 Å². The van der Waals surface area contributed by atoms with Crippen LogP contribution in [0, 0.1) is 19.3 Å². The number of nitrogens with one attached hydrogen (secondary N) is 1. The van der Waals surface area contributed by atoms with Gasteiger partial charge >= 0.3 is 0 Å². The second-order valence-corrected chi connectivity index (χ2v) is 10.8. The summed E-state index contributed by atoms with van der Waals surface area (Å²) in [5.41, 5.74) is 8.30. The van der Waals surface area contributed by atoms with E-state index < -0.39 is 6.10 Å². The SMILES string of the molecule is C=CCC(O)Cc1cc(C)c(N=CC)c(N(C)C)n1.CCC.CCCCc1ccc(-c2ccccc2C(=N)N=NN)cc1C. The molecule has 1 aromatic heterocycles. The van der Waals surface area contributed by atoms with Crippen LogP contribution in [0.15, 0.2) is 76.5 Å². The summed E-state index contributed by atoms with van der Waals surface area (Å²) < 4.78 is 0. The molecule has 8 nitrogen and oxygen atoms in total. The van der Waals surface area contributed by atoms with Crippen molar-refractivity contribution in [3.63, 3.8) is 0 Å². The lowest BCUT2D eigenvalue weighted by Crippen LogP contribution is -2.15. The molecular formula is C36H53N7O. The number of aliphatic hydroxyl groups is 1. The highest BCUT2D eigenvalue weighted by Crippen LogP contribution is 2.30. The Labute approximate surface area is 265 Å². The first kappa shape index (κ1) is 37.9. The Morgan fingerprint density at radius 3 is 2.34 bits per heavy atom. The molecule has 3 aromatic rings. The van der Waals surface area contributed by atoms with Crippen LogP contribution >= 0.6 is 0 Å². The van der Waals surface area contributed by atoms with Crippen LogP contribution in [0.3, 0.4) is 0 Å². The van der Waals surface area contributed by atoms with Crippen LogP contribution in [-0.2, 0) is 12.8 Å². The monoisotopic (exact) mass is 599 g/mol. The molecule has 1 heterocycles. The van der Waals surface area contributed by atoms with Crippen LogP contribution in [-0.4, -0.2) is 42.3 Å². The largest absolute Gasteiger partial charge is 0.392 e. The molecule has 0 bridgehead atoms. The lowest BCUT2D eigenvalue weighted by atomic mass is 9.94. The Bertz CT molecular complexity index is 1380. The normalized spacial score (nSPS) is 11.4. The van der Waals surface area contributed by atoms with Gasteiger partial charge in [0.1, 0.15) is 5.69 Å². The van der Waals surface area contributed by atoms with E-state index in [9.17, 15) is 5.11 Å². The maximum absolute atomic E-state index is 9.84. The number of aromatic nitrogens is 1. The fourth-order valence-electron chi connectivity index (χ4n) is 4.50. The smallest absolute Gasteiger partial charge is 0.176 e. The molecule has 1 atom stereocenters. The van der Waals surface area contributed by atoms with E-state index in [4.69, 9.17) is 11.3 Å². The molecule has 4 N–H and O–H groups in total. The summed E-state index contributed by atoms with van der Waals surface area (Å²) in [5, 5.41) is 24.7. The minimum Gasteiger partial charge on any atom is -0.392 e. The zero-order valence-corrected chi connectivity index (χ0v) is 28.1. The van der Waals surface area contributed by atoms with Gasteiger partial charge in [-0.1, -0.05) is 87.4 Å². The molecule has 1 unspecified atom stereocenters. The third kappa shape index (κ3) is 12.2. The fourth-order valence-corrected chi connectivity index (χ4v) is 4.50. The highest BCUT2D eigenvalue weighted by molar-refractivity contribution is 6.02. The van der Waals surface area contributed by atoms with E-state index in [0.717, 1.165) is 45.9 Å². The second kappa shape index (κ2) is 20.7. The number of aryl methyl sites for hydroxylation is 3. The maximum Gasteiger partial charge on any atom is 0.176 e. The van der Waals surface area contributed by atoms with Gasteiger partial charge in [-0.05, 0) is 73.9 Å². The lowest BCUT2D eigenvalue weighted by molar-refractivity contribution is 0.177. The van der Waals surface area contributed by atoms with Gasteiger partial charge in [-0.2, -0.15) is 0 Å². The summed E-state index contributed by atoms with van der Waals surface area (Å²) in [6.45, 7) is 16.1. The predicted molar refractivity (Wildman–Crippen MR) is 189 cm³/mol. The number of nitrogens with two attached hydrogens (primary N) is 1. The van der Waals surface area contributed by atoms with Gasteiger partial charge in [-0.25, -0.2) is 4.98 Å². The van der Waals surface area contributed by atoms with E-state index in [1.807, 2.05) is 63.2 Å². The van der Waals surface area contributed by atoms with E-state index in [1.54, 1.807) is 12.3 Å². The number of pyridine rings is 1. The van der Waals surface area contributed by atoms with Crippen molar-refractivity contribution in [1.29, 1.82) is 5.41 Å². The Balaban J connectivity index is 0.000000408. The molecule has 238 valence electrons. The van der Waals surface area contributed by atoms with Crippen molar-refractivity contribution in [1.82, 2.24) is 4.98 Å². The number of rotatable bonds is 11. The highest BCUT2D eigenvalue weighted by Gasteiger charge is 2.13. The zero-order chi connectivity index (χ0) is 33.1. The number of nitrogens with zero attached hydrogens (tertiary/aromatic N) is 5. The van der Waals surface area contributed by atoms with E-state index in [1.165, 1.54) is 30.4 Å². The first-order valence-electron chi connectivity index (χ1n) is 15.4. The maximum atomic E-state index is 9.84. The van der Waals surface area contributed by atoms with E-state index in [0.29, 0.717) is 12.8 Å². The summed E-state index contributed by atoms with van der Waals surface area (Å²) in [5.74, 6) is 5.97. The second-order valence-electron chi connectivity index (χ2n) is 10.8. The Morgan fingerprint density at radius 1 is 1.09 bits per heavy atom.